The van der Waals surface area contributed by atoms with Crippen LogP contribution < -0.4 is 15.4 Å². The van der Waals surface area contributed by atoms with Gasteiger partial charge in [-0.15, -0.1) is 0 Å². The van der Waals surface area contributed by atoms with E-state index in [4.69, 9.17) is 4.74 Å². The molecule has 0 aromatic carbocycles. The summed E-state index contributed by atoms with van der Waals surface area (Å²) in [6, 6.07) is 3.74. The number of aromatic nitrogens is 1. The van der Waals surface area contributed by atoms with Crippen molar-refractivity contribution in [3.05, 3.63) is 23.9 Å². The van der Waals surface area contributed by atoms with Crippen molar-refractivity contribution in [2.24, 2.45) is 4.99 Å². The van der Waals surface area contributed by atoms with E-state index >= 15 is 0 Å². The molecule has 0 radical (unpaired) electrons. The van der Waals surface area contributed by atoms with Gasteiger partial charge in [-0.1, -0.05) is 6.07 Å². The van der Waals surface area contributed by atoms with Crippen LogP contribution in [0.15, 0.2) is 23.3 Å². The number of sulfone groups is 1. The summed E-state index contributed by atoms with van der Waals surface area (Å²) in [7, 11) is -1.38. The lowest BCUT2D eigenvalue weighted by atomic mass is 10.2. The monoisotopic (exact) mass is 342 g/mol. The van der Waals surface area contributed by atoms with Gasteiger partial charge in [-0.05, 0) is 26.3 Å². The molecule has 0 amide bonds. The van der Waals surface area contributed by atoms with Crippen LogP contribution in [-0.4, -0.2) is 51.1 Å². The van der Waals surface area contributed by atoms with Crippen LogP contribution in [0.25, 0.3) is 0 Å². The number of nitrogens with zero attached hydrogens (tertiary/aromatic N) is 2. The van der Waals surface area contributed by atoms with Gasteiger partial charge in [-0.25, -0.2) is 18.4 Å². The Morgan fingerprint density at radius 1 is 1.48 bits per heavy atom. The van der Waals surface area contributed by atoms with Gasteiger partial charge in [-0.2, -0.15) is 0 Å². The smallest absolute Gasteiger partial charge is 0.218 e. The SMILES string of the molecule is CCNC(=NCc1cccnc1OC)NC(C)CCS(C)(=O)=O. The van der Waals surface area contributed by atoms with Gasteiger partial charge in [0.1, 0.15) is 9.84 Å². The van der Waals surface area contributed by atoms with Gasteiger partial charge in [0.05, 0.1) is 19.4 Å². The molecular weight excluding hydrogens is 316 g/mol. The highest BCUT2D eigenvalue weighted by molar-refractivity contribution is 7.90. The zero-order chi connectivity index (χ0) is 17.3. The molecule has 23 heavy (non-hydrogen) atoms. The Balaban J connectivity index is 2.69. The summed E-state index contributed by atoms with van der Waals surface area (Å²) in [5.74, 6) is 1.34. The lowest BCUT2D eigenvalue weighted by Gasteiger charge is -2.17. The lowest BCUT2D eigenvalue weighted by Crippen LogP contribution is -2.42. The van der Waals surface area contributed by atoms with Gasteiger partial charge in [0.15, 0.2) is 5.96 Å². The number of guanidine groups is 1. The van der Waals surface area contributed by atoms with Crippen LogP contribution in [0.5, 0.6) is 5.88 Å². The second-order valence-electron chi connectivity index (χ2n) is 5.33. The molecule has 1 rings (SSSR count). The first kappa shape index (κ1) is 19.2. The molecule has 0 saturated heterocycles. The van der Waals surface area contributed by atoms with Crippen LogP contribution in [-0.2, 0) is 16.4 Å². The van der Waals surface area contributed by atoms with Crippen LogP contribution in [0.4, 0.5) is 0 Å². The van der Waals surface area contributed by atoms with E-state index < -0.39 is 9.84 Å². The number of rotatable bonds is 8. The highest BCUT2D eigenvalue weighted by Crippen LogP contribution is 2.14. The molecule has 2 N–H and O–H groups in total. The average molecular weight is 342 g/mol. The van der Waals surface area contributed by atoms with Crippen molar-refractivity contribution in [3.8, 4) is 5.88 Å². The van der Waals surface area contributed by atoms with Crippen molar-refractivity contribution in [3.63, 3.8) is 0 Å². The maximum Gasteiger partial charge on any atom is 0.218 e. The maximum absolute atomic E-state index is 11.2. The van der Waals surface area contributed by atoms with Gasteiger partial charge in [0.25, 0.3) is 0 Å². The summed E-state index contributed by atoms with van der Waals surface area (Å²) in [5.41, 5.74) is 0.885. The summed E-state index contributed by atoms with van der Waals surface area (Å²) in [6.45, 7) is 5.05. The molecule has 1 heterocycles. The molecule has 1 aromatic heterocycles. The molecule has 130 valence electrons. The zero-order valence-corrected chi connectivity index (χ0v) is 15.0. The molecular formula is C15H26N4O3S. The van der Waals surface area contributed by atoms with Crippen LogP contribution >= 0.6 is 0 Å². The third kappa shape index (κ3) is 7.83. The zero-order valence-electron chi connectivity index (χ0n) is 14.2. The maximum atomic E-state index is 11.2. The normalized spacial score (nSPS) is 13.5. The minimum Gasteiger partial charge on any atom is -0.481 e. The van der Waals surface area contributed by atoms with Crippen LogP contribution in [0, 0.1) is 0 Å². The van der Waals surface area contributed by atoms with E-state index in [9.17, 15) is 8.42 Å². The third-order valence-corrected chi connectivity index (χ3v) is 4.08. The Bertz CT molecular complexity index is 617. The number of hydrogen-bond donors (Lipinski definition) is 2. The Labute approximate surface area is 138 Å². The molecule has 1 aromatic rings. The minimum atomic E-state index is -2.96. The van der Waals surface area contributed by atoms with Crippen molar-refractivity contribution in [2.45, 2.75) is 32.9 Å². The fraction of sp³-hybridized carbons (Fsp3) is 0.600. The minimum absolute atomic E-state index is 0.00156. The van der Waals surface area contributed by atoms with Crippen molar-refractivity contribution in [1.29, 1.82) is 0 Å². The molecule has 7 nitrogen and oxygen atoms in total. The number of methoxy groups -OCH3 is 1. The second-order valence-corrected chi connectivity index (χ2v) is 7.59. The number of pyridine rings is 1. The van der Waals surface area contributed by atoms with Crippen LogP contribution in [0.2, 0.25) is 0 Å². The first-order valence-corrected chi connectivity index (χ1v) is 9.62. The van der Waals surface area contributed by atoms with Crippen LogP contribution in [0.1, 0.15) is 25.8 Å². The fourth-order valence-electron chi connectivity index (χ4n) is 1.91. The third-order valence-electron chi connectivity index (χ3n) is 3.10. The Morgan fingerprint density at radius 2 is 2.22 bits per heavy atom. The van der Waals surface area contributed by atoms with Crippen molar-refractivity contribution in [1.82, 2.24) is 15.6 Å². The van der Waals surface area contributed by atoms with E-state index in [1.807, 2.05) is 26.0 Å². The Hall–Kier alpha value is -1.83. The summed E-state index contributed by atoms with van der Waals surface area (Å²) in [6.07, 6.45) is 3.44. The molecule has 0 aliphatic rings. The molecule has 0 fully saturated rings. The molecule has 1 unspecified atom stereocenters. The average Bonchev–Trinajstić information content (AvgIpc) is 2.50. The highest BCUT2D eigenvalue weighted by atomic mass is 32.2. The lowest BCUT2D eigenvalue weighted by molar-refractivity contribution is 0.392. The molecule has 0 aliphatic heterocycles. The molecule has 0 spiro atoms. The number of nitrogens with one attached hydrogen (secondary N) is 2. The van der Waals surface area contributed by atoms with Gasteiger partial charge in [0.2, 0.25) is 5.88 Å². The van der Waals surface area contributed by atoms with Crippen molar-refractivity contribution in [2.75, 3.05) is 25.7 Å². The number of aliphatic imine (C=N–C) groups is 1. The van der Waals surface area contributed by atoms with Gasteiger partial charge >= 0.3 is 0 Å². The van der Waals surface area contributed by atoms with Crippen molar-refractivity contribution >= 4 is 15.8 Å². The van der Waals surface area contributed by atoms with Gasteiger partial charge in [0, 0.05) is 30.6 Å². The topological polar surface area (TPSA) is 92.7 Å². The van der Waals surface area contributed by atoms with E-state index in [0.29, 0.717) is 24.8 Å². The summed E-state index contributed by atoms with van der Waals surface area (Å²) >= 11 is 0. The van der Waals surface area contributed by atoms with Gasteiger partial charge < -0.3 is 15.4 Å². The molecule has 0 bridgehead atoms. The first-order valence-electron chi connectivity index (χ1n) is 7.56. The molecule has 0 aliphatic carbocycles. The Morgan fingerprint density at radius 3 is 2.83 bits per heavy atom. The first-order chi connectivity index (χ1) is 10.9. The highest BCUT2D eigenvalue weighted by Gasteiger charge is 2.10. The van der Waals surface area contributed by atoms with Crippen LogP contribution in [0.3, 0.4) is 0 Å². The summed E-state index contributed by atoms with van der Waals surface area (Å²) in [4.78, 5) is 8.64. The number of hydrogen-bond acceptors (Lipinski definition) is 5. The largest absolute Gasteiger partial charge is 0.481 e. The van der Waals surface area contributed by atoms with E-state index in [1.54, 1.807) is 13.3 Å². The second kappa shape index (κ2) is 9.34. The predicted octanol–water partition coefficient (Wildman–Crippen LogP) is 0.969. The molecule has 1 atom stereocenters. The van der Waals surface area contributed by atoms with Gasteiger partial charge in [-0.3, -0.25) is 0 Å². The fourth-order valence-corrected chi connectivity index (χ4v) is 2.69. The quantitative estimate of drug-likeness (QED) is 0.540. The standard InChI is InChI=1S/C15H26N4O3S/c1-5-16-15(19-12(2)8-10-23(4,20)21)18-11-13-7-6-9-17-14(13)22-3/h6-7,9,12H,5,8,10-11H2,1-4H3,(H2,16,18,19). The van der Waals surface area contributed by atoms with E-state index in [-0.39, 0.29) is 11.8 Å². The molecule has 8 heteroatoms. The van der Waals surface area contributed by atoms with E-state index in [1.165, 1.54) is 6.26 Å². The Kier molecular flexibility index (Phi) is 7.80. The summed E-state index contributed by atoms with van der Waals surface area (Å²) in [5, 5.41) is 6.36. The summed E-state index contributed by atoms with van der Waals surface area (Å²) < 4.78 is 27.7. The van der Waals surface area contributed by atoms with E-state index in [0.717, 1.165) is 12.1 Å². The predicted molar refractivity (Wildman–Crippen MR) is 92.5 cm³/mol. The number of ether oxygens (including phenoxy) is 1. The van der Waals surface area contributed by atoms with E-state index in [2.05, 4.69) is 20.6 Å². The van der Waals surface area contributed by atoms with Crippen molar-refractivity contribution < 1.29 is 13.2 Å². The molecule has 0 saturated carbocycles.